The number of carbonyl (C=O) groups excluding carboxylic acids is 3. The van der Waals surface area contributed by atoms with Gasteiger partial charge in [0, 0.05) is 30.5 Å². The van der Waals surface area contributed by atoms with Gasteiger partial charge in [-0.2, -0.15) is 5.10 Å². The summed E-state index contributed by atoms with van der Waals surface area (Å²) in [6, 6.07) is 14.9. The fourth-order valence-corrected chi connectivity index (χ4v) is 2.88. The number of hydrogen-bond acceptors (Lipinski definition) is 6. The average Bonchev–Trinajstić information content (AvgIpc) is 3.33. The summed E-state index contributed by atoms with van der Waals surface area (Å²) in [5.41, 5.74) is 1.90. The predicted octanol–water partition coefficient (Wildman–Crippen LogP) is 2.61. The number of rotatable bonds is 9. The Kier molecular flexibility index (Phi) is 8.01. The van der Waals surface area contributed by atoms with E-state index in [1.54, 1.807) is 74.8 Å². The molecule has 0 radical (unpaired) electrons. The van der Waals surface area contributed by atoms with Gasteiger partial charge in [0.2, 0.25) is 0 Å². The van der Waals surface area contributed by atoms with Crippen molar-refractivity contribution in [2.45, 2.75) is 6.92 Å². The lowest BCUT2D eigenvalue weighted by Gasteiger charge is -2.10. The summed E-state index contributed by atoms with van der Waals surface area (Å²) in [6.07, 6.45) is 1.64. The molecule has 1 heterocycles. The number of amides is 3. The minimum atomic E-state index is -0.496. The van der Waals surface area contributed by atoms with Gasteiger partial charge in [0.25, 0.3) is 5.91 Å². The quantitative estimate of drug-likeness (QED) is 0.339. The van der Waals surface area contributed by atoms with Gasteiger partial charge in [-0.15, -0.1) is 0 Å². The van der Waals surface area contributed by atoms with Gasteiger partial charge in [-0.1, -0.05) is 6.07 Å². The maximum absolute atomic E-state index is 12.2. The lowest BCUT2D eigenvalue weighted by atomic mass is 10.2. The van der Waals surface area contributed by atoms with Crippen LogP contribution in [0.15, 0.2) is 60.8 Å². The Balaban J connectivity index is 1.46. The fourth-order valence-electron chi connectivity index (χ4n) is 2.88. The van der Waals surface area contributed by atoms with Crippen LogP contribution in [-0.2, 0) is 4.74 Å². The third kappa shape index (κ3) is 6.57. The number of aromatic nitrogens is 2. The van der Waals surface area contributed by atoms with Crippen molar-refractivity contribution in [3.8, 4) is 11.4 Å². The summed E-state index contributed by atoms with van der Waals surface area (Å²) in [6.45, 7) is 2.51. The molecule has 0 spiro atoms. The second-order valence-corrected chi connectivity index (χ2v) is 6.78. The highest BCUT2D eigenvalue weighted by Gasteiger charge is 2.11. The highest BCUT2D eigenvalue weighted by atomic mass is 16.5. The first kappa shape index (κ1) is 23.3. The molecule has 172 valence electrons. The van der Waals surface area contributed by atoms with Gasteiger partial charge in [-0.3, -0.25) is 4.79 Å². The fraction of sp³-hybridized carbons (Fsp3) is 0.217. The summed E-state index contributed by atoms with van der Waals surface area (Å²) >= 11 is 0. The van der Waals surface area contributed by atoms with E-state index in [1.807, 2.05) is 0 Å². The Morgan fingerprint density at radius 3 is 2.48 bits per heavy atom. The molecule has 3 N–H and O–H groups in total. The molecule has 10 nitrogen and oxygen atoms in total. The molecule has 0 aliphatic rings. The van der Waals surface area contributed by atoms with Crippen molar-refractivity contribution in [3.05, 3.63) is 72.1 Å². The van der Waals surface area contributed by atoms with Gasteiger partial charge in [0.1, 0.15) is 5.75 Å². The number of anilines is 1. The number of carbonyl (C=O) groups is 3. The summed E-state index contributed by atoms with van der Waals surface area (Å²) in [4.78, 5) is 36.1. The number of esters is 1. The maximum atomic E-state index is 12.2. The minimum Gasteiger partial charge on any atom is -0.497 e. The molecular weight excluding hydrogens is 426 g/mol. The number of benzene rings is 2. The zero-order chi connectivity index (χ0) is 23.6. The zero-order valence-electron chi connectivity index (χ0n) is 18.3. The topological polar surface area (TPSA) is 124 Å². The van der Waals surface area contributed by atoms with Crippen molar-refractivity contribution >= 4 is 23.6 Å². The molecule has 3 amide bonds. The van der Waals surface area contributed by atoms with Crippen LogP contribution in [0, 0.1) is 0 Å². The SMILES string of the molecule is CCOC(=O)c1ccn(-c2cccc(NC(=O)NCCNC(=O)c3ccc(OC)cc3)c2)n1. The first-order valence-corrected chi connectivity index (χ1v) is 10.3. The molecule has 3 aromatic rings. The van der Waals surface area contributed by atoms with Crippen LogP contribution in [0.3, 0.4) is 0 Å². The number of urea groups is 1. The van der Waals surface area contributed by atoms with Gasteiger partial charge >= 0.3 is 12.0 Å². The average molecular weight is 451 g/mol. The molecule has 0 atom stereocenters. The number of methoxy groups -OCH3 is 1. The largest absolute Gasteiger partial charge is 0.497 e. The molecule has 0 unspecified atom stereocenters. The van der Waals surface area contributed by atoms with Crippen molar-refractivity contribution in [1.29, 1.82) is 0 Å². The van der Waals surface area contributed by atoms with Crippen LogP contribution in [-0.4, -0.2) is 54.5 Å². The predicted molar refractivity (Wildman–Crippen MR) is 122 cm³/mol. The summed E-state index contributed by atoms with van der Waals surface area (Å²) in [5.74, 6) is -0.0704. The summed E-state index contributed by atoms with van der Waals surface area (Å²) in [5, 5.41) is 12.3. The molecule has 0 saturated heterocycles. The first-order valence-electron chi connectivity index (χ1n) is 10.3. The first-order chi connectivity index (χ1) is 16.0. The van der Waals surface area contributed by atoms with Crippen LogP contribution in [0.25, 0.3) is 5.69 Å². The Bertz CT molecular complexity index is 1110. The Labute approximate surface area is 190 Å². The standard InChI is InChI=1S/C23H25N5O5/c1-3-33-22(30)20-11-14-28(27-20)18-6-4-5-17(15-18)26-23(31)25-13-12-24-21(29)16-7-9-19(32-2)10-8-16/h4-11,14-15H,3,12-13H2,1-2H3,(H,24,29)(H2,25,26,31). The molecule has 10 heteroatoms. The molecule has 2 aromatic carbocycles. The molecule has 0 saturated carbocycles. The minimum absolute atomic E-state index is 0.199. The van der Waals surface area contributed by atoms with Crippen LogP contribution < -0.4 is 20.7 Å². The van der Waals surface area contributed by atoms with E-state index >= 15 is 0 Å². The van der Waals surface area contributed by atoms with E-state index in [-0.39, 0.29) is 31.3 Å². The highest BCUT2D eigenvalue weighted by molar-refractivity contribution is 5.94. The van der Waals surface area contributed by atoms with Crippen LogP contribution in [0.5, 0.6) is 5.75 Å². The Morgan fingerprint density at radius 2 is 1.76 bits per heavy atom. The Morgan fingerprint density at radius 1 is 1.00 bits per heavy atom. The van der Waals surface area contributed by atoms with Crippen LogP contribution in [0.1, 0.15) is 27.8 Å². The second-order valence-electron chi connectivity index (χ2n) is 6.78. The van der Waals surface area contributed by atoms with Gasteiger partial charge in [0.05, 0.1) is 19.4 Å². The molecule has 0 bridgehead atoms. The van der Waals surface area contributed by atoms with Crippen molar-refractivity contribution in [1.82, 2.24) is 20.4 Å². The Hall–Kier alpha value is -4.34. The lowest BCUT2D eigenvalue weighted by molar-refractivity contribution is 0.0518. The van der Waals surface area contributed by atoms with Gasteiger partial charge in [-0.25, -0.2) is 14.3 Å². The van der Waals surface area contributed by atoms with E-state index in [4.69, 9.17) is 9.47 Å². The molecule has 0 aliphatic carbocycles. The van der Waals surface area contributed by atoms with Crippen molar-refractivity contribution in [3.63, 3.8) is 0 Å². The van der Waals surface area contributed by atoms with Crippen molar-refractivity contribution in [2.24, 2.45) is 0 Å². The smallest absolute Gasteiger partial charge is 0.358 e. The monoisotopic (exact) mass is 451 g/mol. The number of ether oxygens (including phenoxy) is 2. The van der Waals surface area contributed by atoms with Crippen LogP contribution >= 0.6 is 0 Å². The second kappa shape index (κ2) is 11.3. The lowest BCUT2D eigenvalue weighted by Crippen LogP contribution is -2.36. The van der Waals surface area contributed by atoms with E-state index in [1.165, 1.54) is 4.68 Å². The van der Waals surface area contributed by atoms with Gasteiger partial charge in [-0.05, 0) is 55.5 Å². The maximum Gasteiger partial charge on any atom is 0.358 e. The highest BCUT2D eigenvalue weighted by Crippen LogP contribution is 2.15. The third-order valence-electron chi connectivity index (χ3n) is 4.49. The number of nitrogens with zero attached hydrogens (tertiary/aromatic N) is 2. The van der Waals surface area contributed by atoms with Gasteiger partial charge in [0.15, 0.2) is 5.69 Å². The zero-order valence-corrected chi connectivity index (χ0v) is 18.3. The van der Waals surface area contributed by atoms with Crippen LogP contribution in [0.4, 0.5) is 10.5 Å². The van der Waals surface area contributed by atoms with E-state index in [0.717, 1.165) is 0 Å². The summed E-state index contributed by atoms with van der Waals surface area (Å²) < 4.78 is 11.5. The van der Waals surface area contributed by atoms with Crippen molar-refractivity contribution in [2.75, 3.05) is 32.1 Å². The number of hydrogen-bond donors (Lipinski definition) is 3. The molecule has 0 aliphatic heterocycles. The molecular formula is C23H25N5O5. The van der Waals surface area contributed by atoms with E-state index < -0.39 is 12.0 Å². The van der Waals surface area contributed by atoms with E-state index in [2.05, 4.69) is 21.0 Å². The molecule has 33 heavy (non-hydrogen) atoms. The summed E-state index contributed by atoms with van der Waals surface area (Å²) in [7, 11) is 1.56. The normalized spacial score (nSPS) is 10.2. The molecule has 1 aromatic heterocycles. The van der Waals surface area contributed by atoms with Crippen LogP contribution in [0.2, 0.25) is 0 Å². The molecule has 0 fully saturated rings. The van der Waals surface area contributed by atoms with Crippen molar-refractivity contribution < 1.29 is 23.9 Å². The van der Waals surface area contributed by atoms with E-state index in [9.17, 15) is 14.4 Å². The third-order valence-corrected chi connectivity index (χ3v) is 4.49. The van der Waals surface area contributed by atoms with E-state index in [0.29, 0.717) is 22.7 Å². The molecule has 3 rings (SSSR count). The van der Waals surface area contributed by atoms with Gasteiger partial charge < -0.3 is 25.4 Å². The number of nitrogens with one attached hydrogen (secondary N) is 3.